The molecule has 0 saturated carbocycles. The summed E-state index contributed by atoms with van der Waals surface area (Å²) in [6.07, 6.45) is 0. The van der Waals surface area contributed by atoms with Crippen LogP contribution in [0.15, 0.2) is 29.3 Å². The lowest BCUT2D eigenvalue weighted by molar-refractivity contribution is -0.142. The number of phenolic OH excluding ortho intramolecular Hbond substituents is 1. The van der Waals surface area contributed by atoms with Gasteiger partial charge in [0, 0.05) is 11.7 Å². The van der Waals surface area contributed by atoms with E-state index in [9.17, 15) is 29.7 Å². The summed E-state index contributed by atoms with van der Waals surface area (Å²) >= 11 is 1.16. The van der Waals surface area contributed by atoms with E-state index in [0.717, 1.165) is 11.8 Å². The summed E-state index contributed by atoms with van der Waals surface area (Å²) in [4.78, 5) is 39.1. The molecule has 1 aliphatic rings. The monoisotopic (exact) mass is 381 g/mol. The number of aromatic hydroxyl groups is 1. The number of amides is 1. The molecule has 0 radical (unpaired) electrons. The topological polar surface area (TPSA) is 162 Å². The molecule has 9 nitrogen and oxygen atoms in total. The van der Waals surface area contributed by atoms with Gasteiger partial charge >= 0.3 is 11.9 Å². The van der Waals surface area contributed by atoms with Gasteiger partial charge in [0.1, 0.15) is 22.9 Å². The molecule has 10 heteroatoms. The highest BCUT2D eigenvalue weighted by molar-refractivity contribution is 8.00. The van der Waals surface area contributed by atoms with E-state index in [1.807, 2.05) is 0 Å². The largest absolute Gasteiger partial charge is 0.508 e. The third kappa shape index (κ3) is 4.52. The quantitative estimate of drug-likeness (QED) is 0.466. The second-order valence-electron chi connectivity index (χ2n) is 5.84. The number of hydrogen-bond donors (Lipinski definition) is 5. The van der Waals surface area contributed by atoms with Gasteiger partial charge in [0.25, 0.3) is 0 Å². The fraction of sp³-hybridized carbons (Fsp3) is 0.375. The van der Waals surface area contributed by atoms with E-state index in [-0.39, 0.29) is 17.4 Å². The van der Waals surface area contributed by atoms with Gasteiger partial charge < -0.3 is 26.4 Å². The zero-order valence-corrected chi connectivity index (χ0v) is 14.6. The highest BCUT2D eigenvalue weighted by Crippen LogP contribution is 2.27. The molecule has 26 heavy (non-hydrogen) atoms. The van der Waals surface area contributed by atoms with E-state index in [2.05, 4.69) is 10.3 Å². The van der Waals surface area contributed by atoms with Crippen LogP contribution in [0.3, 0.4) is 0 Å². The molecule has 0 spiro atoms. The molecule has 1 aromatic carbocycles. The molecule has 0 unspecified atom stereocenters. The van der Waals surface area contributed by atoms with Crippen molar-refractivity contribution in [2.75, 3.05) is 5.75 Å². The zero-order valence-electron chi connectivity index (χ0n) is 13.8. The van der Waals surface area contributed by atoms with Gasteiger partial charge in [-0.3, -0.25) is 9.79 Å². The lowest BCUT2D eigenvalue weighted by Gasteiger charge is -2.28. The van der Waals surface area contributed by atoms with Crippen molar-refractivity contribution >= 4 is 35.3 Å². The van der Waals surface area contributed by atoms with E-state index < -0.39 is 35.3 Å². The summed E-state index contributed by atoms with van der Waals surface area (Å²) < 4.78 is 0. The van der Waals surface area contributed by atoms with Crippen molar-refractivity contribution in [1.29, 1.82) is 0 Å². The van der Waals surface area contributed by atoms with Crippen LogP contribution in [-0.2, 0) is 14.4 Å². The number of nitrogens with one attached hydrogen (secondary N) is 1. The molecule has 1 amide bonds. The Bertz CT molecular complexity index is 736. The fourth-order valence-corrected chi connectivity index (χ4v) is 3.60. The number of rotatable bonds is 6. The average Bonchev–Trinajstić information content (AvgIpc) is 2.59. The summed E-state index contributed by atoms with van der Waals surface area (Å²) in [5.74, 6) is -3.23. The maximum atomic E-state index is 12.3. The third-order valence-electron chi connectivity index (χ3n) is 3.85. The van der Waals surface area contributed by atoms with Gasteiger partial charge in [-0.1, -0.05) is 19.1 Å². The predicted molar refractivity (Wildman–Crippen MR) is 95.1 cm³/mol. The number of carboxylic acids is 2. The molecule has 140 valence electrons. The highest BCUT2D eigenvalue weighted by Gasteiger charge is 2.36. The molecule has 4 atom stereocenters. The summed E-state index contributed by atoms with van der Waals surface area (Å²) in [7, 11) is 0. The van der Waals surface area contributed by atoms with Gasteiger partial charge in [0.05, 0.1) is 0 Å². The molecule has 0 bridgehead atoms. The summed E-state index contributed by atoms with van der Waals surface area (Å²) in [5, 5.41) is 29.2. The predicted octanol–water partition coefficient (Wildman–Crippen LogP) is 0.196. The van der Waals surface area contributed by atoms with Crippen molar-refractivity contribution in [1.82, 2.24) is 5.32 Å². The van der Waals surface area contributed by atoms with Crippen LogP contribution in [-0.4, -0.2) is 56.0 Å². The van der Waals surface area contributed by atoms with Gasteiger partial charge in [-0.2, -0.15) is 0 Å². The van der Waals surface area contributed by atoms with Crippen LogP contribution >= 0.6 is 11.8 Å². The Morgan fingerprint density at radius 3 is 2.42 bits per heavy atom. The van der Waals surface area contributed by atoms with E-state index in [1.54, 1.807) is 6.92 Å². The number of nitrogens with zero attached hydrogens (tertiary/aromatic N) is 1. The molecular formula is C16H19N3O6S. The highest BCUT2D eigenvalue weighted by atomic mass is 32.2. The summed E-state index contributed by atoms with van der Waals surface area (Å²) in [5.41, 5.74) is 6.12. The first kappa shape index (κ1) is 19.7. The molecule has 0 saturated heterocycles. The number of thioether (sulfide) groups is 1. The Hall–Kier alpha value is -2.59. The van der Waals surface area contributed by atoms with Crippen LogP contribution in [0, 0.1) is 5.92 Å². The van der Waals surface area contributed by atoms with Crippen molar-refractivity contribution in [3.63, 3.8) is 0 Å². The van der Waals surface area contributed by atoms with Crippen molar-refractivity contribution < 1.29 is 29.7 Å². The molecule has 1 aromatic rings. The Balaban J connectivity index is 2.17. The second-order valence-corrected chi connectivity index (χ2v) is 6.99. The fourth-order valence-electron chi connectivity index (χ4n) is 2.39. The lowest BCUT2D eigenvalue weighted by atomic mass is 10.1. The molecule has 0 aliphatic carbocycles. The number of benzene rings is 1. The first-order valence-electron chi connectivity index (χ1n) is 7.71. The van der Waals surface area contributed by atoms with Crippen LogP contribution in [0.1, 0.15) is 18.5 Å². The Morgan fingerprint density at radius 2 is 1.88 bits per heavy atom. The number of aliphatic imine (C=N–C) groups is 1. The van der Waals surface area contributed by atoms with Gasteiger partial charge in [-0.15, -0.1) is 11.8 Å². The number of carboxylic acid groups (broad SMARTS) is 2. The third-order valence-corrected chi connectivity index (χ3v) is 5.26. The number of nitrogens with two attached hydrogens (primary N) is 1. The van der Waals surface area contributed by atoms with Crippen LogP contribution in [0.25, 0.3) is 0 Å². The van der Waals surface area contributed by atoms with E-state index in [0.29, 0.717) is 11.3 Å². The van der Waals surface area contributed by atoms with Crippen LogP contribution in [0.2, 0.25) is 0 Å². The number of carbonyl (C=O) groups is 3. The Kier molecular flexibility index (Phi) is 6.22. The van der Waals surface area contributed by atoms with E-state index in [4.69, 9.17) is 5.73 Å². The Labute approximate surface area is 153 Å². The number of carbonyl (C=O) groups excluding carboxylic acids is 1. The van der Waals surface area contributed by atoms with Gasteiger partial charge in [0.15, 0.2) is 6.04 Å². The average molecular weight is 381 g/mol. The van der Waals surface area contributed by atoms with Crippen LogP contribution < -0.4 is 11.1 Å². The Morgan fingerprint density at radius 1 is 1.27 bits per heavy atom. The van der Waals surface area contributed by atoms with Gasteiger partial charge in [0.2, 0.25) is 5.91 Å². The molecule has 1 aliphatic heterocycles. The zero-order chi connectivity index (χ0) is 19.4. The maximum Gasteiger partial charge on any atom is 0.350 e. The number of phenols is 1. The molecule has 6 N–H and O–H groups in total. The molecule has 1 heterocycles. The van der Waals surface area contributed by atoms with Crippen LogP contribution in [0.5, 0.6) is 5.75 Å². The molecule has 0 aromatic heterocycles. The van der Waals surface area contributed by atoms with E-state index in [1.165, 1.54) is 24.3 Å². The van der Waals surface area contributed by atoms with Crippen molar-refractivity contribution in [2.24, 2.45) is 16.6 Å². The second kappa shape index (κ2) is 8.19. The number of aliphatic carboxylic acids is 2. The normalized spacial score (nSPS) is 22.0. The van der Waals surface area contributed by atoms with E-state index >= 15 is 0 Å². The molecule has 2 rings (SSSR count). The number of hydrogen-bond acceptors (Lipinski definition) is 7. The lowest BCUT2D eigenvalue weighted by Crippen LogP contribution is -2.51. The minimum atomic E-state index is -1.42. The van der Waals surface area contributed by atoms with Gasteiger partial charge in [-0.05, 0) is 17.7 Å². The minimum absolute atomic E-state index is 0.00744. The van der Waals surface area contributed by atoms with Crippen molar-refractivity contribution in [3.05, 3.63) is 29.8 Å². The minimum Gasteiger partial charge on any atom is -0.508 e. The summed E-state index contributed by atoms with van der Waals surface area (Å²) in [6.45, 7) is 1.69. The molecular weight excluding hydrogens is 362 g/mol. The summed E-state index contributed by atoms with van der Waals surface area (Å²) in [6, 6.07) is 3.06. The SMILES string of the molecule is C[C@H]1CS[C@H]([C@@H](NC(=O)[C@H](N)c2ccc(O)cc2)C(=O)O)N=C1C(=O)O. The first-order chi connectivity index (χ1) is 12.2. The van der Waals surface area contributed by atoms with Crippen molar-refractivity contribution in [3.8, 4) is 5.75 Å². The standard InChI is InChI=1S/C16H19N3O6S/c1-7-6-26-14(19-11(7)15(22)23)12(16(24)25)18-13(21)10(17)8-2-4-9(20)5-3-8/h2-5,7,10,12,14,20H,6,17H2,1H3,(H,18,21)(H,22,23)(H,24,25)/t7-,10+,12+,14+/m0/s1. The van der Waals surface area contributed by atoms with Crippen LogP contribution in [0.4, 0.5) is 0 Å². The first-order valence-corrected chi connectivity index (χ1v) is 8.76. The maximum absolute atomic E-state index is 12.3. The smallest absolute Gasteiger partial charge is 0.350 e. The van der Waals surface area contributed by atoms with Crippen molar-refractivity contribution in [2.45, 2.75) is 24.4 Å². The van der Waals surface area contributed by atoms with Gasteiger partial charge in [-0.25, -0.2) is 9.59 Å². The molecule has 0 fully saturated rings.